The van der Waals surface area contributed by atoms with Gasteiger partial charge in [-0.1, -0.05) is 74.9 Å². The van der Waals surface area contributed by atoms with Crippen molar-refractivity contribution in [3.8, 4) is 0 Å². The summed E-state index contributed by atoms with van der Waals surface area (Å²) in [5.41, 5.74) is 10.4. The summed E-state index contributed by atoms with van der Waals surface area (Å²) < 4.78 is 2.09. The number of fused-ring (bicyclic) bond motifs is 2. The van der Waals surface area contributed by atoms with Gasteiger partial charge < -0.3 is 9.47 Å². The number of nitrogens with zero attached hydrogens (tertiary/aromatic N) is 2. The monoisotopic (exact) mass is 466 g/mol. The number of hydrogen-bond acceptors (Lipinski definition) is 3. The minimum atomic E-state index is -0.653. The minimum Gasteiger partial charge on any atom is -0.350 e. The topological polar surface area (TPSA) is 66.4 Å². The van der Waals surface area contributed by atoms with E-state index in [0.717, 1.165) is 34.1 Å². The van der Waals surface area contributed by atoms with Crippen molar-refractivity contribution in [2.24, 2.45) is 13.0 Å². The molecule has 3 aromatic carbocycles. The molecule has 2 heterocycles. The Bertz CT molecular complexity index is 1380. The van der Waals surface area contributed by atoms with Crippen LogP contribution in [-0.2, 0) is 11.8 Å². The van der Waals surface area contributed by atoms with E-state index in [1.165, 1.54) is 0 Å². The Hall–Kier alpha value is -4.06. The molecular weight excluding hydrogens is 436 g/mol. The van der Waals surface area contributed by atoms with Gasteiger partial charge >= 0.3 is 0 Å². The van der Waals surface area contributed by atoms with Crippen LogP contribution in [0.2, 0.25) is 0 Å². The quantitative estimate of drug-likeness (QED) is 0.364. The molecule has 0 fully saturated rings. The lowest BCUT2D eigenvalue weighted by molar-refractivity contribution is -0.127. The molecule has 3 atom stereocenters. The van der Waals surface area contributed by atoms with Gasteiger partial charge in [0.15, 0.2) is 0 Å². The molecule has 1 aromatic heterocycles. The van der Waals surface area contributed by atoms with Gasteiger partial charge in [-0.15, -0.1) is 0 Å². The molecule has 2 N–H and O–H groups in total. The van der Waals surface area contributed by atoms with Crippen molar-refractivity contribution in [1.82, 2.24) is 14.9 Å². The van der Waals surface area contributed by atoms with Crippen LogP contribution >= 0.6 is 0 Å². The van der Waals surface area contributed by atoms with Gasteiger partial charge in [-0.25, -0.2) is 0 Å². The number of carbonyl (C=O) groups excluding carboxylic acids is 2. The van der Waals surface area contributed by atoms with Gasteiger partial charge in [0.05, 0.1) is 11.7 Å². The summed E-state index contributed by atoms with van der Waals surface area (Å²) in [5, 5.41) is 1.08. The van der Waals surface area contributed by atoms with Crippen molar-refractivity contribution < 1.29 is 9.59 Å². The van der Waals surface area contributed by atoms with Crippen LogP contribution in [0.15, 0.2) is 85.1 Å². The van der Waals surface area contributed by atoms with Crippen molar-refractivity contribution in [2.45, 2.75) is 32.4 Å². The first-order valence-corrected chi connectivity index (χ1v) is 12.1. The number of aryl methyl sites for hydroxylation is 1. The van der Waals surface area contributed by atoms with Gasteiger partial charge in [-0.2, -0.15) is 0 Å². The number of hydrazine groups is 1. The van der Waals surface area contributed by atoms with E-state index in [-0.39, 0.29) is 23.8 Å². The molecule has 0 spiro atoms. The average Bonchev–Trinajstić information content (AvgIpc) is 3.37. The standard InChI is InChI=1S/C29H30N4O2/c1-4-19(2)26(28(34)31-30-20-12-6-5-7-13-20)33-27(22-15-8-9-16-23(22)29(33)35)24-18-32(3)25-17-11-10-14-21(24)25/h5-19,26-27,30H,4H2,1-3H3,(H,31,34). The zero-order chi connectivity index (χ0) is 24.5. The molecule has 6 heteroatoms. The van der Waals surface area contributed by atoms with Crippen LogP contribution in [0.25, 0.3) is 10.9 Å². The van der Waals surface area contributed by atoms with E-state index in [4.69, 9.17) is 0 Å². The Morgan fingerprint density at radius 3 is 2.40 bits per heavy atom. The van der Waals surface area contributed by atoms with E-state index in [1.807, 2.05) is 80.7 Å². The third-order valence-electron chi connectivity index (χ3n) is 7.08. The lowest BCUT2D eigenvalue weighted by Gasteiger charge is -2.36. The van der Waals surface area contributed by atoms with Crippen molar-refractivity contribution in [3.63, 3.8) is 0 Å². The molecule has 4 aromatic rings. The summed E-state index contributed by atoms with van der Waals surface area (Å²) in [6.45, 7) is 4.08. The normalized spacial score (nSPS) is 16.7. The highest BCUT2D eigenvalue weighted by atomic mass is 16.2. The van der Waals surface area contributed by atoms with E-state index in [2.05, 4.69) is 40.7 Å². The van der Waals surface area contributed by atoms with Crippen LogP contribution in [-0.4, -0.2) is 27.3 Å². The molecule has 0 radical (unpaired) electrons. The van der Waals surface area contributed by atoms with Gasteiger partial charge in [0.1, 0.15) is 6.04 Å². The van der Waals surface area contributed by atoms with Crippen molar-refractivity contribution in [2.75, 3.05) is 5.43 Å². The third-order valence-corrected chi connectivity index (χ3v) is 7.08. The Balaban J connectivity index is 1.60. The van der Waals surface area contributed by atoms with Crippen molar-refractivity contribution in [1.29, 1.82) is 0 Å². The van der Waals surface area contributed by atoms with Crippen LogP contribution in [0.5, 0.6) is 0 Å². The van der Waals surface area contributed by atoms with Gasteiger partial charge in [0, 0.05) is 35.3 Å². The molecule has 1 aliphatic rings. The maximum Gasteiger partial charge on any atom is 0.261 e. The molecule has 0 saturated carbocycles. The number of anilines is 1. The van der Waals surface area contributed by atoms with Crippen LogP contribution in [0.4, 0.5) is 5.69 Å². The zero-order valence-corrected chi connectivity index (χ0v) is 20.2. The predicted molar refractivity (Wildman–Crippen MR) is 139 cm³/mol. The number of rotatable bonds is 7. The lowest BCUT2D eigenvalue weighted by Crippen LogP contribution is -2.53. The second-order valence-corrected chi connectivity index (χ2v) is 9.23. The highest BCUT2D eigenvalue weighted by molar-refractivity contribution is 6.03. The number of aromatic nitrogens is 1. The Morgan fingerprint density at radius 2 is 1.63 bits per heavy atom. The Kier molecular flexibility index (Phi) is 6.03. The minimum absolute atomic E-state index is 0.0525. The molecule has 178 valence electrons. The second kappa shape index (κ2) is 9.29. The molecule has 0 aliphatic carbocycles. The fourth-order valence-corrected chi connectivity index (χ4v) is 5.14. The van der Waals surface area contributed by atoms with E-state index in [1.54, 1.807) is 4.90 Å². The number of hydrogen-bond donors (Lipinski definition) is 2. The third kappa shape index (κ3) is 3.95. The SMILES string of the molecule is CCC(C)C(C(=O)NNc1ccccc1)N1C(=O)c2ccccc2C1c1cn(C)c2ccccc12. The molecule has 5 rings (SSSR count). The Morgan fingerprint density at radius 1 is 0.943 bits per heavy atom. The van der Waals surface area contributed by atoms with Crippen LogP contribution < -0.4 is 10.9 Å². The number of para-hydroxylation sites is 2. The smallest absolute Gasteiger partial charge is 0.261 e. The maximum absolute atomic E-state index is 13.9. The van der Waals surface area contributed by atoms with Crippen LogP contribution in [0.1, 0.15) is 47.8 Å². The largest absolute Gasteiger partial charge is 0.350 e. The van der Waals surface area contributed by atoms with E-state index in [0.29, 0.717) is 5.56 Å². The molecule has 6 nitrogen and oxygen atoms in total. The summed E-state index contributed by atoms with van der Waals surface area (Å²) in [6.07, 6.45) is 2.84. The number of amides is 2. The van der Waals surface area contributed by atoms with E-state index >= 15 is 0 Å². The number of benzene rings is 3. The van der Waals surface area contributed by atoms with Crippen molar-refractivity contribution >= 4 is 28.4 Å². The molecule has 3 unspecified atom stereocenters. The zero-order valence-electron chi connectivity index (χ0n) is 20.2. The highest BCUT2D eigenvalue weighted by Crippen LogP contribution is 2.44. The average molecular weight is 467 g/mol. The molecule has 0 saturated heterocycles. The van der Waals surface area contributed by atoms with Crippen molar-refractivity contribution in [3.05, 3.63) is 102 Å². The first-order chi connectivity index (χ1) is 17.0. The van der Waals surface area contributed by atoms with E-state index in [9.17, 15) is 9.59 Å². The molecule has 0 bridgehead atoms. The lowest BCUT2D eigenvalue weighted by atomic mass is 9.93. The van der Waals surface area contributed by atoms with Gasteiger partial charge in [0.25, 0.3) is 11.8 Å². The summed E-state index contributed by atoms with van der Waals surface area (Å²) in [7, 11) is 2.02. The van der Waals surface area contributed by atoms with E-state index < -0.39 is 6.04 Å². The summed E-state index contributed by atoms with van der Waals surface area (Å²) in [6, 6.07) is 24.4. The number of carbonyl (C=O) groups is 2. The van der Waals surface area contributed by atoms with Crippen LogP contribution in [0, 0.1) is 5.92 Å². The first-order valence-electron chi connectivity index (χ1n) is 12.1. The predicted octanol–water partition coefficient (Wildman–Crippen LogP) is 5.28. The Labute approximate surface area is 205 Å². The maximum atomic E-state index is 13.9. The van der Waals surface area contributed by atoms with Gasteiger partial charge in [-0.05, 0) is 35.7 Å². The fourth-order valence-electron chi connectivity index (χ4n) is 5.14. The number of nitrogens with one attached hydrogen (secondary N) is 2. The summed E-state index contributed by atoms with van der Waals surface area (Å²) in [4.78, 5) is 29.4. The molecular formula is C29H30N4O2. The molecule has 35 heavy (non-hydrogen) atoms. The second-order valence-electron chi connectivity index (χ2n) is 9.23. The molecule has 1 aliphatic heterocycles. The summed E-state index contributed by atoms with van der Waals surface area (Å²) in [5.74, 6) is -0.392. The highest BCUT2D eigenvalue weighted by Gasteiger charge is 2.46. The molecule has 2 amide bonds. The van der Waals surface area contributed by atoms with Gasteiger partial charge in [0.2, 0.25) is 0 Å². The van der Waals surface area contributed by atoms with Gasteiger partial charge in [-0.3, -0.25) is 20.4 Å². The summed E-state index contributed by atoms with van der Waals surface area (Å²) >= 11 is 0. The van der Waals surface area contributed by atoms with Crippen LogP contribution in [0.3, 0.4) is 0 Å². The fraction of sp³-hybridized carbons (Fsp3) is 0.241. The first kappa shape index (κ1) is 22.7.